The molecule has 2 amide bonds. The Morgan fingerprint density at radius 3 is 2.39 bits per heavy atom. The second kappa shape index (κ2) is 10.4. The number of nitrogens with zero attached hydrogens (tertiary/aromatic N) is 4. The molecule has 1 fully saturated rings. The van der Waals surface area contributed by atoms with E-state index in [-0.39, 0.29) is 17.9 Å². The van der Waals surface area contributed by atoms with E-state index < -0.39 is 0 Å². The van der Waals surface area contributed by atoms with Crippen LogP contribution in [0.25, 0.3) is 0 Å². The van der Waals surface area contributed by atoms with Crippen LogP contribution in [0, 0.1) is 19.8 Å². The van der Waals surface area contributed by atoms with Gasteiger partial charge in [-0.05, 0) is 80.8 Å². The number of hydrogen-bond acceptors (Lipinski definition) is 6. The van der Waals surface area contributed by atoms with Crippen LogP contribution in [0.2, 0.25) is 0 Å². The van der Waals surface area contributed by atoms with Gasteiger partial charge in [0.15, 0.2) is 0 Å². The minimum atomic E-state index is -0.202. The SMILES string of the molecule is Cc1cc(N2CCC(CNC(=O)c3ccc4c(c3)C(NC(=O)c3cncnc3)CC4)CC2)cc(C)n1. The molecule has 0 saturated carbocycles. The summed E-state index contributed by atoms with van der Waals surface area (Å²) in [5.41, 5.74) is 6.59. The molecule has 1 aliphatic carbocycles. The van der Waals surface area contributed by atoms with Crippen LogP contribution in [0.1, 0.15) is 68.5 Å². The van der Waals surface area contributed by atoms with E-state index in [0.29, 0.717) is 23.6 Å². The van der Waals surface area contributed by atoms with Crippen molar-refractivity contribution in [1.29, 1.82) is 0 Å². The summed E-state index contributed by atoms with van der Waals surface area (Å²) in [6.07, 6.45) is 8.19. The number of pyridine rings is 1. The monoisotopic (exact) mass is 484 g/mol. The predicted octanol–water partition coefficient (Wildman–Crippen LogP) is 3.55. The quantitative estimate of drug-likeness (QED) is 0.555. The smallest absolute Gasteiger partial charge is 0.254 e. The van der Waals surface area contributed by atoms with E-state index in [2.05, 4.69) is 42.6 Å². The molecule has 3 aromatic rings. The summed E-state index contributed by atoms with van der Waals surface area (Å²) in [6, 6.07) is 10.0. The van der Waals surface area contributed by atoms with Crippen LogP contribution in [-0.4, -0.2) is 46.4 Å². The zero-order chi connectivity index (χ0) is 25.1. The van der Waals surface area contributed by atoms with E-state index in [1.54, 1.807) is 0 Å². The average Bonchev–Trinajstić information content (AvgIpc) is 3.29. The molecule has 2 aromatic heterocycles. The Balaban J connectivity index is 1.15. The lowest BCUT2D eigenvalue weighted by atomic mass is 9.96. The molecule has 1 aliphatic heterocycles. The third-order valence-corrected chi connectivity index (χ3v) is 7.21. The highest BCUT2D eigenvalue weighted by Crippen LogP contribution is 2.32. The van der Waals surface area contributed by atoms with Crippen molar-refractivity contribution >= 4 is 17.5 Å². The normalized spacial score (nSPS) is 17.5. The highest BCUT2D eigenvalue weighted by molar-refractivity contribution is 5.95. The average molecular weight is 485 g/mol. The van der Waals surface area contributed by atoms with Crippen LogP contribution in [0.3, 0.4) is 0 Å². The molecule has 1 saturated heterocycles. The van der Waals surface area contributed by atoms with Crippen LogP contribution >= 0.6 is 0 Å². The Morgan fingerprint density at radius 1 is 0.944 bits per heavy atom. The van der Waals surface area contributed by atoms with Gasteiger partial charge in [0.25, 0.3) is 11.8 Å². The van der Waals surface area contributed by atoms with E-state index in [0.717, 1.165) is 55.7 Å². The fourth-order valence-electron chi connectivity index (χ4n) is 5.28. The summed E-state index contributed by atoms with van der Waals surface area (Å²) in [7, 11) is 0. The molecule has 1 unspecified atom stereocenters. The number of aryl methyl sites for hydroxylation is 3. The standard InChI is InChI=1S/C28H32N6O2/c1-18-11-24(12-19(2)32-18)34-9-7-20(8-10-34)14-31-27(35)22-4-3-21-5-6-26(25(21)13-22)33-28(36)23-15-29-17-30-16-23/h3-4,11-13,15-17,20,26H,5-10,14H2,1-2H3,(H,31,35)(H,33,36). The first-order valence-corrected chi connectivity index (χ1v) is 12.6. The summed E-state index contributed by atoms with van der Waals surface area (Å²) in [5, 5.41) is 6.21. The van der Waals surface area contributed by atoms with Crippen molar-refractivity contribution in [2.75, 3.05) is 24.5 Å². The van der Waals surface area contributed by atoms with Gasteiger partial charge in [-0.2, -0.15) is 0 Å². The number of carbonyl (C=O) groups excluding carboxylic acids is 2. The molecule has 3 heterocycles. The topological polar surface area (TPSA) is 100 Å². The molecule has 2 aliphatic rings. The second-order valence-electron chi connectivity index (χ2n) is 9.85. The number of rotatable bonds is 6. The van der Waals surface area contributed by atoms with Crippen molar-refractivity contribution in [2.24, 2.45) is 5.92 Å². The Hall–Kier alpha value is -3.81. The van der Waals surface area contributed by atoms with Crippen molar-refractivity contribution in [3.8, 4) is 0 Å². The number of amides is 2. The summed E-state index contributed by atoms with van der Waals surface area (Å²) in [6.45, 7) is 6.71. The number of carbonyl (C=O) groups is 2. The third-order valence-electron chi connectivity index (χ3n) is 7.21. The van der Waals surface area contributed by atoms with Gasteiger partial charge in [0.2, 0.25) is 0 Å². The number of anilines is 1. The molecule has 2 N–H and O–H groups in total. The molecule has 36 heavy (non-hydrogen) atoms. The number of hydrogen-bond donors (Lipinski definition) is 2. The zero-order valence-electron chi connectivity index (χ0n) is 20.8. The number of aromatic nitrogens is 3. The van der Waals surface area contributed by atoms with Gasteiger partial charge < -0.3 is 15.5 Å². The summed E-state index contributed by atoms with van der Waals surface area (Å²) < 4.78 is 0. The highest BCUT2D eigenvalue weighted by atomic mass is 16.2. The minimum Gasteiger partial charge on any atom is -0.371 e. The number of piperidine rings is 1. The van der Waals surface area contributed by atoms with Crippen molar-refractivity contribution in [1.82, 2.24) is 25.6 Å². The van der Waals surface area contributed by atoms with Gasteiger partial charge in [-0.1, -0.05) is 6.07 Å². The number of nitrogens with one attached hydrogen (secondary N) is 2. The maximum Gasteiger partial charge on any atom is 0.254 e. The van der Waals surface area contributed by atoms with Gasteiger partial charge >= 0.3 is 0 Å². The molecule has 0 spiro atoms. The summed E-state index contributed by atoms with van der Waals surface area (Å²) >= 11 is 0. The Labute approximate surface area is 211 Å². The van der Waals surface area contributed by atoms with E-state index in [4.69, 9.17) is 0 Å². The van der Waals surface area contributed by atoms with E-state index >= 15 is 0 Å². The molecule has 0 radical (unpaired) electrons. The number of fused-ring (bicyclic) bond motifs is 1. The Bertz CT molecular complexity index is 1230. The lowest BCUT2D eigenvalue weighted by molar-refractivity contribution is 0.0933. The first kappa shape index (κ1) is 23.9. The van der Waals surface area contributed by atoms with Crippen LogP contribution in [0.15, 0.2) is 49.1 Å². The van der Waals surface area contributed by atoms with Crippen molar-refractivity contribution in [3.05, 3.63) is 82.7 Å². The predicted molar refractivity (Wildman–Crippen MR) is 138 cm³/mol. The molecule has 8 heteroatoms. The van der Waals surface area contributed by atoms with Crippen LogP contribution in [0.4, 0.5) is 5.69 Å². The summed E-state index contributed by atoms with van der Waals surface area (Å²) in [5.74, 6) is 0.199. The molecule has 186 valence electrons. The van der Waals surface area contributed by atoms with Gasteiger partial charge in [0.1, 0.15) is 6.33 Å². The fraction of sp³-hybridized carbons (Fsp3) is 0.393. The largest absolute Gasteiger partial charge is 0.371 e. The van der Waals surface area contributed by atoms with Crippen molar-refractivity contribution in [2.45, 2.75) is 45.6 Å². The van der Waals surface area contributed by atoms with Gasteiger partial charge in [0, 0.05) is 54.7 Å². The Morgan fingerprint density at radius 2 is 1.67 bits per heavy atom. The van der Waals surface area contributed by atoms with Crippen molar-refractivity contribution in [3.63, 3.8) is 0 Å². The van der Waals surface area contributed by atoms with Crippen molar-refractivity contribution < 1.29 is 9.59 Å². The molecule has 1 aromatic carbocycles. The van der Waals surface area contributed by atoms with E-state index in [1.165, 1.54) is 30.0 Å². The summed E-state index contributed by atoms with van der Waals surface area (Å²) in [4.78, 5) is 40.3. The lowest BCUT2D eigenvalue weighted by Crippen LogP contribution is -2.38. The first-order valence-electron chi connectivity index (χ1n) is 12.6. The van der Waals surface area contributed by atoms with Crippen LogP contribution in [0.5, 0.6) is 0 Å². The van der Waals surface area contributed by atoms with Gasteiger partial charge in [-0.15, -0.1) is 0 Å². The lowest BCUT2D eigenvalue weighted by Gasteiger charge is -2.34. The third kappa shape index (κ3) is 5.37. The molecule has 0 bridgehead atoms. The zero-order valence-corrected chi connectivity index (χ0v) is 20.8. The Kier molecular flexibility index (Phi) is 6.93. The molecular formula is C28H32N6O2. The molecule has 8 nitrogen and oxygen atoms in total. The molecule has 1 atom stereocenters. The number of benzene rings is 1. The van der Waals surface area contributed by atoms with Gasteiger partial charge in [-0.3, -0.25) is 14.6 Å². The van der Waals surface area contributed by atoms with Gasteiger partial charge in [0.05, 0.1) is 11.6 Å². The van der Waals surface area contributed by atoms with Gasteiger partial charge in [-0.25, -0.2) is 9.97 Å². The first-order chi connectivity index (χ1) is 17.5. The van der Waals surface area contributed by atoms with Crippen LogP contribution in [-0.2, 0) is 6.42 Å². The maximum absolute atomic E-state index is 13.0. The van der Waals surface area contributed by atoms with Crippen LogP contribution < -0.4 is 15.5 Å². The minimum absolute atomic E-state index is 0.0611. The maximum atomic E-state index is 13.0. The molecular weight excluding hydrogens is 452 g/mol. The highest BCUT2D eigenvalue weighted by Gasteiger charge is 2.26. The molecule has 5 rings (SSSR count). The fourth-order valence-corrected chi connectivity index (χ4v) is 5.28. The second-order valence-corrected chi connectivity index (χ2v) is 9.85. The van der Waals surface area contributed by atoms with E-state index in [1.807, 2.05) is 32.0 Å². The van der Waals surface area contributed by atoms with E-state index in [9.17, 15) is 9.59 Å².